The SMILES string of the molecule is CCN(C)CCNCc1cc(O)cc(F)c1. The van der Waals surface area contributed by atoms with Crippen molar-refractivity contribution in [1.29, 1.82) is 0 Å². The molecule has 0 saturated carbocycles. The summed E-state index contributed by atoms with van der Waals surface area (Å²) in [5.74, 6) is -0.426. The van der Waals surface area contributed by atoms with Gasteiger partial charge in [0.1, 0.15) is 11.6 Å². The Morgan fingerprint density at radius 1 is 1.38 bits per heavy atom. The minimum Gasteiger partial charge on any atom is -0.508 e. The van der Waals surface area contributed by atoms with Crippen molar-refractivity contribution in [2.45, 2.75) is 13.5 Å². The van der Waals surface area contributed by atoms with Crippen molar-refractivity contribution >= 4 is 0 Å². The Morgan fingerprint density at radius 3 is 2.75 bits per heavy atom. The Hall–Kier alpha value is -1.13. The minimum atomic E-state index is -0.400. The molecule has 1 aromatic carbocycles. The standard InChI is InChI=1S/C12H19FN2O/c1-3-15(2)5-4-14-9-10-6-11(13)8-12(16)7-10/h6-8,14,16H,3-5,9H2,1-2H3. The third kappa shape index (κ3) is 4.59. The van der Waals surface area contributed by atoms with E-state index in [4.69, 9.17) is 0 Å². The summed E-state index contributed by atoms with van der Waals surface area (Å²) in [5.41, 5.74) is 0.761. The summed E-state index contributed by atoms with van der Waals surface area (Å²) in [6.45, 7) is 5.50. The molecule has 0 aliphatic rings. The lowest BCUT2D eigenvalue weighted by atomic mass is 10.2. The molecule has 0 amide bonds. The van der Waals surface area contributed by atoms with Crippen molar-refractivity contribution in [2.75, 3.05) is 26.7 Å². The molecule has 0 radical (unpaired) electrons. The van der Waals surface area contributed by atoms with E-state index in [1.165, 1.54) is 6.07 Å². The van der Waals surface area contributed by atoms with Gasteiger partial charge in [0, 0.05) is 25.7 Å². The topological polar surface area (TPSA) is 35.5 Å². The predicted octanol–water partition coefficient (Wildman–Crippen LogP) is 1.57. The van der Waals surface area contributed by atoms with Gasteiger partial charge in [-0.25, -0.2) is 4.39 Å². The summed E-state index contributed by atoms with van der Waals surface area (Å²) in [5, 5.41) is 12.4. The number of benzene rings is 1. The number of phenols is 1. The number of nitrogens with one attached hydrogen (secondary N) is 1. The first kappa shape index (κ1) is 12.9. The van der Waals surface area contributed by atoms with Crippen LogP contribution in [0.5, 0.6) is 5.75 Å². The summed E-state index contributed by atoms with van der Waals surface area (Å²) in [6, 6.07) is 4.10. The number of aromatic hydroxyl groups is 1. The van der Waals surface area contributed by atoms with Crippen LogP contribution in [0, 0.1) is 5.82 Å². The van der Waals surface area contributed by atoms with Gasteiger partial charge < -0.3 is 15.3 Å². The van der Waals surface area contributed by atoms with Crippen molar-refractivity contribution in [3.63, 3.8) is 0 Å². The van der Waals surface area contributed by atoms with Crippen LogP contribution in [0.15, 0.2) is 18.2 Å². The molecule has 0 atom stereocenters. The maximum Gasteiger partial charge on any atom is 0.127 e. The van der Waals surface area contributed by atoms with Crippen LogP contribution in [0.3, 0.4) is 0 Å². The van der Waals surface area contributed by atoms with Crippen LogP contribution in [0.2, 0.25) is 0 Å². The van der Waals surface area contributed by atoms with Crippen LogP contribution in [0.4, 0.5) is 4.39 Å². The van der Waals surface area contributed by atoms with Gasteiger partial charge in [-0.1, -0.05) is 6.92 Å². The van der Waals surface area contributed by atoms with E-state index < -0.39 is 5.82 Å². The van der Waals surface area contributed by atoms with Crippen LogP contribution < -0.4 is 5.32 Å². The summed E-state index contributed by atoms with van der Waals surface area (Å²) >= 11 is 0. The maximum absolute atomic E-state index is 12.9. The van der Waals surface area contributed by atoms with E-state index in [2.05, 4.69) is 24.2 Å². The molecule has 0 spiro atoms. The van der Waals surface area contributed by atoms with Crippen LogP contribution in [0.25, 0.3) is 0 Å². The van der Waals surface area contributed by atoms with Gasteiger partial charge in [0.25, 0.3) is 0 Å². The van der Waals surface area contributed by atoms with Crippen LogP contribution in [-0.4, -0.2) is 36.7 Å². The zero-order valence-corrected chi connectivity index (χ0v) is 9.83. The number of hydrogen-bond donors (Lipinski definition) is 2. The lowest BCUT2D eigenvalue weighted by Crippen LogP contribution is -2.28. The largest absolute Gasteiger partial charge is 0.508 e. The van der Waals surface area contributed by atoms with Crippen LogP contribution in [-0.2, 0) is 6.54 Å². The van der Waals surface area contributed by atoms with E-state index in [9.17, 15) is 9.50 Å². The number of rotatable bonds is 6. The number of likely N-dealkylation sites (N-methyl/N-ethyl adjacent to an activating group) is 1. The first-order valence-electron chi connectivity index (χ1n) is 5.49. The molecule has 90 valence electrons. The van der Waals surface area contributed by atoms with Gasteiger partial charge in [-0.05, 0) is 31.3 Å². The fourth-order valence-corrected chi connectivity index (χ4v) is 1.40. The summed E-state index contributed by atoms with van der Waals surface area (Å²) in [4.78, 5) is 2.19. The fourth-order valence-electron chi connectivity index (χ4n) is 1.40. The highest BCUT2D eigenvalue weighted by molar-refractivity contribution is 5.28. The average Bonchev–Trinajstić information content (AvgIpc) is 2.22. The van der Waals surface area contributed by atoms with E-state index in [-0.39, 0.29) is 5.75 Å². The lowest BCUT2D eigenvalue weighted by Gasteiger charge is -2.14. The highest BCUT2D eigenvalue weighted by atomic mass is 19.1. The third-order valence-corrected chi connectivity index (χ3v) is 2.48. The second-order valence-electron chi connectivity index (χ2n) is 3.89. The normalized spacial score (nSPS) is 11.0. The smallest absolute Gasteiger partial charge is 0.127 e. The molecule has 3 nitrogen and oxygen atoms in total. The Kier molecular flexibility index (Phi) is 5.22. The first-order valence-corrected chi connectivity index (χ1v) is 5.49. The zero-order valence-electron chi connectivity index (χ0n) is 9.83. The molecule has 1 rings (SSSR count). The molecule has 0 bridgehead atoms. The molecule has 0 saturated heterocycles. The molecule has 0 aliphatic carbocycles. The van der Waals surface area contributed by atoms with E-state index in [0.717, 1.165) is 31.3 Å². The predicted molar refractivity (Wildman–Crippen MR) is 62.9 cm³/mol. The quantitative estimate of drug-likeness (QED) is 0.723. The van der Waals surface area contributed by atoms with Gasteiger partial charge in [0.05, 0.1) is 0 Å². The van der Waals surface area contributed by atoms with Gasteiger partial charge in [0.15, 0.2) is 0 Å². The van der Waals surface area contributed by atoms with E-state index in [0.29, 0.717) is 6.54 Å². The summed E-state index contributed by atoms with van der Waals surface area (Å²) in [6.07, 6.45) is 0. The zero-order chi connectivity index (χ0) is 12.0. The Bertz CT molecular complexity index is 311. The van der Waals surface area contributed by atoms with Crippen molar-refractivity contribution in [1.82, 2.24) is 10.2 Å². The van der Waals surface area contributed by atoms with E-state index >= 15 is 0 Å². The van der Waals surface area contributed by atoms with E-state index in [1.807, 2.05) is 0 Å². The van der Waals surface area contributed by atoms with Crippen LogP contribution >= 0.6 is 0 Å². The highest BCUT2D eigenvalue weighted by Gasteiger charge is 1.99. The number of halogens is 1. The Morgan fingerprint density at radius 2 is 2.12 bits per heavy atom. The second kappa shape index (κ2) is 6.45. The van der Waals surface area contributed by atoms with Gasteiger partial charge >= 0.3 is 0 Å². The van der Waals surface area contributed by atoms with Gasteiger partial charge in [-0.2, -0.15) is 0 Å². The van der Waals surface area contributed by atoms with Crippen LogP contribution in [0.1, 0.15) is 12.5 Å². The molecular weight excluding hydrogens is 207 g/mol. The first-order chi connectivity index (χ1) is 7.61. The monoisotopic (exact) mass is 226 g/mol. The fraction of sp³-hybridized carbons (Fsp3) is 0.500. The maximum atomic E-state index is 12.9. The second-order valence-corrected chi connectivity index (χ2v) is 3.89. The Labute approximate surface area is 95.9 Å². The molecule has 1 aromatic rings. The van der Waals surface area contributed by atoms with Crippen molar-refractivity contribution in [3.8, 4) is 5.75 Å². The molecular formula is C12H19FN2O. The molecule has 2 N–H and O–H groups in total. The Balaban J connectivity index is 2.32. The molecule has 0 unspecified atom stereocenters. The molecule has 16 heavy (non-hydrogen) atoms. The molecule has 0 fully saturated rings. The average molecular weight is 226 g/mol. The van der Waals surface area contributed by atoms with Crippen molar-refractivity contribution in [3.05, 3.63) is 29.6 Å². The number of phenolic OH excluding ortho intramolecular Hbond substituents is 1. The molecule has 0 heterocycles. The van der Waals surface area contributed by atoms with Gasteiger partial charge in [-0.15, -0.1) is 0 Å². The van der Waals surface area contributed by atoms with Crippen molar-refractivity contribution in [2.24, 2.45) is 0 Å². The third-order valence-electron chi connectivity index (χ3n) is 2.48. The van der Waals surface area contributed by atoms with Gasteiger partial charge in [-0.3, -0.25) is 0 Å². The molecule has 0 aromatic heterocycles. The van der Waals surface area contributed by atoms with E-state index in [1.54, 1.807) is 6.07 Å². The molecule has 0 aliphatic heterocycles. The summed E-state index contributed by atoms with van der Waals surface area (Å²) in [7, 11) is 2.05. The van der Waals surface area contributed by atoms with Gasteiger partial charge in [0.2, 0.25) is 0 Å². The molecule has 4 heteroatoms. The minimum absolute atomic E-state index is 0.0255. The number of hydrogen-bond acceptors (Lipinski definition) is 3. The summed E-state index contributed by atoms with van der Waals surface area (Å²) < 4.78 is 12.9. The van der Waals surface area contributed by atoms with Crippen molar-refractivity contribution < 1.29 is 9.50 Å². The lowest BCUT2D eigenvalue weighted by molar-refractivity contribution is 0.349. The number of nitrogens with zero attached hydrogens (tertiary/aromatic N) is 1. The highest BCUT2D eigenvalue weighted by Crippen LogP contribution is 2.14.